The first-order chi connectivity index (χ1) is 13.9. The van der Waals surface area contributed by atoms with Gasteiger partial charge in [0.05, 0.1) is 22.8 Å². The normalized spacial score (nSPS) is 14.6. The quantitative estimate of drug-likeness (QED) is 0.367. The van der Waals surface area contributed by atoms with Gasteiger partial charge in [0, 0.05) is 31.4 Å². The van der Waals surface area contributed by atoms with E-state index in [4.69, 9.17) is 4.98 Å². The van der Waals surface area contributed by atoms with Crippen molar-refractivity contribution >= 4 is 17.1 Å². The number of benzene rings is 2. The molecule has 4 heterocycles. The van der Waals surface area contributed by atoms with Gasteiger partial charge in [0.25, 0.3) is 0 Å². The molecule has 2 aromatic heterocycles. The summed E-state index contributed by atoms with van der Waals surface area (Å²) in [6.45, 7) is 0. The van der Waals surface area contributed by atoms with Crippen LogP contribution in [-0.2, 0) is 19.3 Å². The van der Waals surface area contributed by atoms with Crippen molar-refractivity contribution in [1.82, 2.24) is 9.97 Å². The largest absolute Gasteiger partial charge is 0.308 e. The predicted molar refractivity (Wildman–Crippen MR) is 111 cm³/mol. The summed E-state index contributed by atoms with van der Waals surface area (Å²) in [6, 6.07) is 17.7. The maximum atomic E-state index is 4.80. The van der Waals surface area contributed by atoms with Crippen molar-refractivity contribution in [3.05, 3.63) is 101 Å². The van der Waals surface area contributed by atoms with Gasteiger partial charge in [0.2, 0.25) is 0 Å². The van der Waals surface area contributed by atoms with Crippen molar-refractivity contribution < 1.29 is 0 Å². The first-order valence-electron chi connectivity index (χ1n) is 9.81. The van der Waals surface area contributed by atoms with Crippen molar-refractivity contribution in [1.29, 1.82) is 0 Å². The lowest BCUT2D eigenvalue weighted by atomic mass is 9.87. The van der Waals surface area contributed by atoms with E-state index in [1.807, 2.05) is 18.6 Å². The molecule has 3 aliphatic rings. The van der Waals surface area contributed by atoms with Crippen LogP contribution in [0.5, 0.6) is 0 Å². The molecule has 132 valence electrons. The van der Waals surface area contributed by atoms with Gasteiger partial charge < -0.3 is 4.90 Å². The monoisotopic (exact) mass is 359 g/mol. The average Bonchev–Trinajstić information content (AvgIpc) is 3.13. The highest BCUT2D eigenvalue weighted by Crippen LogP contribution is 2.52. The van der Waals surface area contributed by atoms with Crippen LogP contribution in [0.3, 0.4) is 0 Å². The van der Waals surface area contributed by atoms with Gasteiger partial charge in [-0.05, 0) is 63.6 Å². The molecule has 3 heteroatoms. The highest BCUT2D eigenvalue weighted by atomic mass is 15.2. The molecule has 0 fully saturated rings. The van der Waals surface area contributed by atoms with Crippen LogP contribution in [0, 0.1) is 0 Å². The Morgan fingerprint density at radius 2 is 1.64 bits per heavy atom. The summed E-state index contributed by atoms with van der Waals surface area (Å²) < 4.78 is 0. The molecule has 0 saturated carbocycles. The lowest BCUT2D eigenvalue weighted by Crippen LogP contribution is -2.26. The molecule has 0 spiro atoms. The maximum Gasteiger partial charge on any atom is 0.0716 e. The molecule has 0 N–H and O–H groups in total. The van der Waals surface area contributed by atoms with E-state index < -0.39 is 0 Å². The van der Waals surface area contributed by atoms with Crippen LogP contribution < -0.4 is 4.90 Å². The highest BCUT2D eigenvalue weighted by molar-refractivity contribution is 5.91. The predicted octanol–water partition coefficient (Wildman–Crippen LogP) is 5.33. The summed E-state index contributed by atoms with van der Waals surface area (Å²) in [5, 5.41) is 0. The van der Waals surface area contributed by atoms with Crippen LogP contribution in [0.15, 0.2) is 67.1 Å². The molecule has 3 nitrogen and oxygen atoms in total. The second-order valence-electron chi connectivity index (χ2n) is 7.88. The van der Waals surface area contributed by atoms with Crippen molar-refractivity contribution in [2.24, 2.45) is 0 Å². The van der Waals surface area contributed by atoms with Crippen molar-refractivity contribution in [2.75, 3.05) is 4.90 Å². The molecule has 0 radical (unpaired) electrons. The minimum absolute atomic E-state index is 0.909. The molecule has 4 aromatic rings. The fourth-order valence-electron chi connectivity index (χ4n) is 5.27. The first kappa shape index (κ1) is 14.6. The summed E-state index contributed by atoms with van der Waals surface area (Å²) in [5.41, 5.74) is 14.8. The van der Waals surface area contributed by atoms with Gasteiger partial charge in [-0.1, -0.05) is 30.3 Å². The second-order valence-corrected chi connectivity index (χ2v) is 7.88. The molecule has 1 aliphatic carbocycles. The Hall–Kier alpha value is -3.46. The molecule has 0 amide bonds. The number of hydrogen-bond donors (Lipinski definition) is 0. The SMILES string of the molecule is c1ccc2c(c1)Cc1c-2ccc2c1Cc1nccc3c1N2c1ccncc1C3. The third-order valence-electron chi connectivity index (χ3n) is 6.47. The third kappa shape index (κ3) is 1.74. The van der Waals surface area contributed by atoms with Gasteiger partial charge >= 0.3 is 0 Å². The fourth-order valence-corrected chi connectivity index (χ4v) is 5.27. The van der Waals surface area contributed by atoms with Gasteiger partial charge in [-0.3, -0.25) is 9.97 Å². The maximum absolute atomic E-state index is 4.80. The average molecular weight is 359 g/mol. The summed E-state index contributed by atoms with van der Waals surface area (Å²) >= 11 is 0. The molecule has 28 heavy (non-hydrogen) atoms. The molecule has 0 saturated heterocycles. The third-order valence-corrected chi connectivity index (χ3v) is 6.47. The molecule has 2 aromatic carbocycles. The molecule has 0 bridgehead atoms. The second kappa shape index (κ2) is 5.08. The van der Waals surface area contributed by atoms with Crippen LogP contribution in [0.25, 0.3) is 11.1 Å². The van der Waals surface area contributed by atoms with Gasteiger partial charge in [-0.2, -0.15) is 0 Å². The molecule has 7 rings (SSSR count). The number of aromatic nitrogens is 2. The van der Waals surface area contributed by atoms with E-state index in [1.165, 1.54) is 61.7 Å². The molecular weight excluding hydrogens is 342 g/mol. The number of fused-ring (bicyclic) bond motifs is 8. The van der Waals surface area contributed by atoms with Gasteiger partial charge in [0.1, 0.15) is 0 Å². The Bertz CT molecular complexity index is 1310. The number of rotatable bonds is 0. The van der Waals surface area contributed by atoms with E-state index in [0.29, 0.717) is 0 Å². The fraction of sp³-hybridized carbons (Fsp3) is 0.120. The zero-order valence-corrected chi connectivity index (χ0v) is 15.3. The summed E-state index contributed by atoms with van der Waals surface area (Å²) in [4.78, 5) is 11.6. The first-order valence-corrected chi connectivity index (χ1v) is 9.81. The highest BCUT2D eigenvalue weighted by Gasteiger charge is 2.35. The van der Waals surface area contributed by atoms with E-state index in [-0.39, 0.29) is 0 Å². The van der Waals surface area contributed by atoms with Crippen LogP contribution in [0.1, 0.15) is 33.5 Å². The number of hydrogen-bond acceptors (Lipinski definition) is 3. The van der Waals surface area contributed by atoms with E-state index in [9.17, 15) is 0 Å². The number of anilines is 3. The molecule has 0 unspecified atom stereocenters. The van der Waals surface area contributed by atoms with Gasteiger partial charge in [0.15, 0.2) is 0 Å². The van der Waals surface area contributed by atoms with Crippen molar-refractivity contribution in [3.8, 4) is 11.1 Å². The summed E-state index contributed by atoms with van der Waals surface area (Å²) in [5.74, 6) is 0. The van der Waals surface area contributed by atoms with E-state index in [0.717, 1.165) is 19.3 Å². The number of nitrogens with zero attached hydrogens (tertiary/aromatic N) is 3. The topological polar surface area (TPSA) is 29.0 Å². The van der Waals surface area contributed by atoms with E-state index >= 15 is 0 Å². The molecular formula is C25H17N3. The van der Waals surface area contributed by atoms with Crippen LogP contribution >= 0.6 is 0 Å². The van der Waals surface area contributed by atoms with E-state index in [1.54, 1.807) is 0 Å². The minimum Gasteiger partial charge on any atom is -0.308 e. The van der Waals surface area contributed by atoms with E-state index in [2.05, 4.69) is 58.4 Å². The van der Waals surface area contributed by atoms with Crippen LogP contribution in [-0.4, -0.2) is 9.97 Å². The number of pyridine rings is 2. The Morgan fingerprint density at radius 3 is 2.64 bits per heavy atom. The Morgan fingerprint density at radius 1 is 0.679 bits per heavy atom. The van der Waals surface area contributed by atoms with Crippen LogP contribution in [0.4, 0.5) is 17.1 Å². The Balaban J connectivity index is 1.52. The van der Waals surface area contributed by atoms with Crippen molar-refractivity contribution in [2.45, 2.75) is 19.3 Å². The smallest absolute Gasteiger partial charge is 0.0716 e. The van der Waals surface area contributed by atoms with Gasteiger partial charge in [-0.15, -0.1) is 0 Å². The standard InChI is InChI=1S/C25H17N3/c1-2-4-18-15(3-1)12-20-19(18)5-6-24-21(20)13-22-25-16(7-10-27-22)11-17-14-26-9-8-23(17)28(24)25/h1-10,14H,11-13H2. The van der Waals surface area contributed by atoms with Crippen LogP contribution in [0.2, 0.25) is 0 Å². The van der Waals surface area contributed by atoms with Gasteiger partial charge in [-0.25, -0.2) is 0 Å². The molecule has 0 atom stereocenters. The summed E-state index contributed by atoms with van der Waals surface area (Å²) in [6.07, 6.45) is 8.73. The lowest BCUT2D eigenvalue weighted by molar-refractivity contribution is 0.944. The van der Waals surface area contributed by atoms with Crippen molar-refractivity contribution in [3.63, 3.8) is 0 Å². The minimum atomic E-state index is 0.909. The Labute approximate surface area is 163 Å². The Kier molecular flexibility index (Phi) is 2.64. The summed E-state index contributed by atoms with van der Waals surface area (Å²) in [7, 11) is 0. The lowest BCUT2D eigenvalue weighted by Gasteiger charge is -2.39. The zero-order chi connectivity index (χ0) is 18.2. The molecule has 2 aliphatic heterocycles. The zero-order valence-electron chi connectivity index (χ0n) is 15.3.